The monoisotopic (exact) mass is 563 g/mol. The second-order valence-electron chi connectivity index (χ2n) is 14.1. The minimum absolute atomic E-state index is 0.00244. The number of hydrogen-bond acceptors (Lipinski definition) is 8. The Bertz CT molecular complexity index is 798. The molecule has 5 rings (SSSR count). The number of ether oxygens (including phenoxy) is 2. The van der Waals surface area contributed by atoms with Crippen LogP contribution in [-0.4, -0.2) is 98.0 Å². The molecule has 9 heteroatoms. The molecule has 0 radical (unpaired) electrons. The standard InChI is InChI=1S/C31H57N5O4/c1-20(2)11-26-12-24(14-30(35-26)34-25-5-4-6-25)31(38)32-15-27(37)17-36-10-9-22-13-28(8-7-23(22)16-36)39-18-29-21(3)33-19-40-29/h20-30,33-35,37H,4-19H2,1-3H3,(H,32,38)/t21?,22?,23?,24?,26?,27-,28?,29?,30?/m0/s1. The minimum atomic E-state index is -0.528. The summed E-state index contributed by atoms with van der Waals surface area (Å²) in [4.78, 5) is 15.6. The number of nitrogens with one attached hydrogen (secondary N) is 4. The molecule has 9 atom stereocenters. The van der Waals surface area contributed by atoms with Crippen molar-refractivity contribution >= 4 is 5.91 Å². The number of likely N-dealkylation sites (tertiary alicyclic amines) is 1. The average Bonchev–Trinajstić information content (AvgIpc) is 3.32. The first kappa shape index (κ1) is 30.6. The Hall–Kier alpha value is -0.810. The zero-order chi connectivity index (χ0) is 28.1. The van der Waals surface area contributed by atoms with Crippen molar-refractivity contribution in [3.63, 3.8) is 0 Å². The van der Waals surface area contributed by atoms with Crippen LogP contribution in [0.4, 0.5) is 0 Å². The molecule has 3 heterocycles. The van der Waals surface area contributed by atoms with Crippen molar-refractivity contribution in [1.82, 2.24) is 26.2 Å². The van der Waals surface area contributed by atoms with Gasteiger partial charge in [0.15, 0.2) is 0 Å². The number of carbonyl (C=O) groups is 1. The van der Waals surface area contributed by atoms with Crippen molar-refractivity contribution < 1.29 is 19.4 Å². The lowest BCUT2D eigenvalue weighted by molar-refractivity contribution is -0.127. The summed E-state index contributed by atoms with van der Waals surface area (Å²) in [5.41, 5.74) is 0. The van der Waals surface area contributed by atoms with E-state index in [4.69, 9.17) is 9.47 Å². The summed E-state index contributed by atoms with van der Waals surface area (Å²) >= 11 is 0. The van der Waals surface area contributed by atoms with E-state index in [-0.39, 0.29) is 24.1 Å². The minimum Gasteiger partial charge on any atom is -0.390 e. The molecule has 40 heavy (non-hydrogen) atoms. The Kier molecular flexibility index (Phi) is 11.2. The van der Waals surface area contributed by atoms with Gasteiger partial charge >= 0.3 is 0 Å². The van der Waals surface area contributed by atoms with Crippen LogP contribution in [-0.2, 0) is 14.3 Å². The van der Waals surface area contributed by atoms with Gasteiger partial charge < -0.3 is 24.8 Å². The fourth-order valence-corrected chi connectivity index (χ4v) is 7.74. The molecule has 0 spiro atoms. The van der Waals surface area contributed by atoms with Gasteiger partial charge in [0, 0.05) is 43.7 Å². The Balaban J connectivity index is 1.00. The number of amides is 1. The molecule has 2 aliphatic carbocycles. The van der Waals surface area contributed by atoms with E-state index in [2.05, 4.69) is 46.9 Å². The Morgan fingerprint density at radius 1 is 1.12 bits per heavy atom. The smallest absolute Gasteiger partial charge is 0.223 e. The number of aliphatic hydroxyl groups is 1. The van der Waals surface area contributed by atoms with Crippen LogP contribution < -0.4 is 21.3 Å². The molecule has 230 valence electrons. The summed E-state index contributed by atoms with van der Waals surface area (Å²) < 4.78 is 12.0. The van der Waals surface area contributed by atoms with Crippen molar-refractivity contribution in [3.05, 3.63) is 0 Å². The maximum Gasteiger partial charge on any atom is 0.223 e. The zero-order valence-corrected chi connectivity index (χ0v) is 25.3. The molecule has 5 N–H and O–H groups in total. The molecular weight excluding hydrogens is 506 g/mol. The van der Waals surface area contributed by atoms with Crippen molar-refractivity contribution in [2.75, 3.05) is 39.5 Å². The maximum absolute atomic E-state index is 13.2. The van der Waals surface area contributed by atoms with Gasteiger partial charge in [0.05, 0.1) is 37.8 Å². The number of β-amino-alcohol motifs (C(OH)–C–C–N with tert-alkyl or cyclic N) is 1. The second-order valence-corrected chi connectivity index (χ2v) is 14.1. The predicted molar refractivity (Wildman–Crippen MR) is 157 cm³/mol. The van der Waals surface area contributed by atoms with Crippen molar-refractivity contribution in [2.45, 2.75) is 128 Å². The SMILES string of the molecule is CC(C)CC1CC(C(=O)NC[C@H](O)CN2CCC3CC(OCC4OCNC4C)CCC3C2)CC(NC2CCC2)N1. The van der Waals surface area contributed by atoms with Crippen molar-refractivity contribution in [2.24, 2.45) is 23.7 Å². The van der Waals surface area contributed by atoms with Gasteiger partial charge in [0.2, 0.25) is 5.91 Å². The molecule has 5 fully saturated rings. The van der Waals surface area contributed by atoms with E-state index >= 15 is 0 Å². The highest BCUT2D eigenvalue weighted by atomic mass is 16.5. The van der Waals surface area contributed by atoms with Crippen molar-refractivity contribution in [3.8, 4) is 0 Å². The molecule has 0 bridgehead atoms. The molecule has 3 aliphatic heterocycles. The van der Waals surface area contributed by atoms with Crippen LogP contribution in [0.25, 0.3) is 0 Å². The summed E-state index contributed by atoms with van der Waals surface area (Å²) in [6.45, 7) is 11.0. The number of carbonyl (C=O) groups excluding carboxylic acids is 1. The van der Waals surface area contributed by atoms with Crippen LogP contribution in [0, 0.1) is 23.7 Å². The van der Waals surface area contributed by atoms with E-state index in [9.17, 15) is 9.90 Å². The van der Waals surface area contributed by atoms with Gasteiger partial charge in [0.25, 0.3) is 0 Å². The van der Waals surface area contributed by atoms with Gasteiger partial charge in [-0.15, -0.1) is 0 Å². The fraction of sp³-hybridized carbons (Fsp3) is 0.968. The molecule has 0 aromatic heterocycles. The van der Waals surface area contributed by atoms with Gasteiger partial charge in [0.1, 0.15) is 0 Å². The number of nitrogens with zero attached hydrogens (tertiary/aromatic N) is 1. The lowest BCUT2D eigenvalue weighted by atomic mass is 9.74. The summed E-state index contributed by atoms with van der Waals surface area (Å²) in [7, 11) is 0. The van der Waals surface area contributed by atoms with E-state index in [0.717, 1.165) is 45.2 Å². The molecule has 2 saturated carbocycles. The Morgan fingerprint density at radius 2 is 1.98 bits per heavy atom. The molecule has 8 unspecified atom stereocenters. The highest BCUT2D eigenvalue weighted by Gasteiger charge is 2.37. The summed E-state index contributed by atoms with van der Waals surface area (Å²) in [5.74, 6) is 2.12. The highest BCUT2D eigenvalue weighted by molar-refractivity contribution is 5.78. The second kappa shape index (κ2) is 14.6. The number of fused-ring (bicyclic) bond motifs is 1. The van der Waals surface area contributed by atoms with Gasteiger partial charge in [-0.2, -0.15) is 0 Å². The fourth-order valence-electron chi connectivity index (χ4n) is 7.74. The van der Waals surface area contributed by atoms with E-state index < -0.39 is 6.10 Å². The summed E-state index contributed by atoms with van der Waals surface area (Å²) in [5, 5.41) is 24.8. The van der Waals surface area contributed by atoms with E-state index in [0.29, 0.717) is 68.4 Å². The lowest BCUT2D eigenvalue weighted by Crippen LogP contribution is -2.58. The first-order chi connectivity index (χ1) is 19.3. The molecule has 0 aromatic rings. The molecule has 1 amide bonds. The third kappa shape index (κ3) is 8.62. The third-order valence-corrected chi connectivity index (χ3v) is 10.3. The quantitative estimate of drug-likeness (QED) is 0.246. The van der Waals surface area contributed by atoms with Crippen LogP contribution in [0.1, 0.15) is 85.0 Å². The summed E-state index contributed by atoms with van der Waals surface area (Å²) in [6.07, 6.45) is 11.4. The molecular formula is C31H57N5O4. The molecule has 0 aromatic carbocycles. The molecule has 3 saturated heterocycles. The number of hydrogen-bond donors (Lipinski definition) is 5. The van der Waals surface area contributed by atoms with Gasteiger partial charge in [-0.05, 0) is 89.0 Å². The van der Waals surface area contributed by atoms with Gasteiger partial charge in [-0.1, -0.05) is 20.3 Å². The number of piperidine rings is 2. The van der Waals surface area contributed by atoms with Crippen molar-refractivity contribution in [1.29, 1.82) is 0 Å². The van der Waals surface area contributed by atoms with E-state index in [1.54, 1.807) is 0 Å². The highest BCUT2D eigenvalue weighted by Crippen LogP contribution is 2.37. The number of aliphatic hydroxyl groups excluding tert-OH is 1. The van der Waals surface area contributed by atoms with Gasteiger partial charge in [-0.25, -0.2) is 0 Å². The Morgan fingerprint density at radius 3 is 2.70 bits per heavy atom. The van der Waals surface area contributed by atoms with Crippen LogP contribution >= 0.6 is 0 Å². The normalized spacial score (nSPS) is 38.1. The van der Waals surface area contributed by atoms with Crippen LogP contribution in [0.3, 0.4) is 0 Å². The third-order valence-electron chi connectivity index (χ3n) is 10.3. The molecule has 5 aliphatic rings. The first-order valence-corrected chi connectivity index (χ1v) is 16.5. The topological polar surface area (TPSA) is 107 Å². The zero-order valence-electron chi connectivity index (χ0n) is 25.3. The predicted octanol–water partition coefficient (Wildman–Crippen LogP) is 2.19. The largest absolute Gasteiger partial charge is 0.390 e. The lowest BCUT2D eigenvalue weighted by Gasteiger charge is -2.44. The van der Waals surface area contributed by atoms with E-state index in [1.165, 1.54) is 32.1 Å². The van der Waals surface area contributed by atoms with Gasteiger partial charge in [-0.3, -0.25) is 20.7 Å². The first-order valence-electron chi connectivity index (χ1n) is 16.5. The van der Waals surface area contributed by atoms with Crippen LogP contribution in [0.5, 0.6) is 0 Å². The van der Waals surface area contributed by atoms with Crippen LogP contribution in [0.15, 0.2) is 0 Å². The Labute approximate surface area is 242 Å². The maximum atomic E-state index is 13.2. The number of rotatable bonds is 12. The van der Waals surface area contributed by atoms with Crippen LogP contribution in [0.2, 0.25) is 0 Å². The molecule has 9 nitrogen and oxygen atoms in total. The summed E-state index contributed by atoms with van der Waals surface area (Å²) in [6, 6.07) is 1.33. The average molecular weight is 564 g/mol. The van der Waals surface area contributed by atoms with E-state index in [1.807, 2.05) is 0 Å².